The van der Waals surface area contributed by atoms with Gasteiger partial charge in [0.2, 0.25) is 0 Å². The van der Waals surface area contributed by atoms with Crippen LogP contribution in [0.1, 0.15) is 37.3 Å². The Bertz CT molecular complexity index is 375. The van der Waals surface area contributed by atoms with E-state index in [1.807, 2.05) is 0 Å². The lowest BCUT2D eigenvalue weighted by Crippen LogP contribution is -2.32. The summed E-state index contributed by atoms with van der Waals surface area (Å²) < 4.78 is 0. The van der Waals surface area contributed by atoms with Crippen LogP contribution in [0.15, 0.2) is 24.3 Å². The van der Waals surface area contributed by atoms with Gasteiger partial charge in [-0.3, -0.25) is 4.90 Å². The van der Waals surface area contributed by atoms with E-state index in [4.69, 9.17) is 5.73 Å². The summed E-state index contributed by atoms with van der Waals surface area (Å²) in [6, 6.07) is 9.23. The normalized spacial score (nSPS) is 22.3. The molecule has 1 aliphatic rings. The zero-order valence-corrected chi connectivity index (χ0v) is 11.7. The molecule has 1 saturated heterocycles. The summed E-state index contributed by atoms with van der Waals surface area (Å²) in [5.74, 6) is 0.703. The average molecular weight is 246 g/mol. The number of aryl methyl sites for hydroxylation is 1. The maximum atomic E-state index is 6.24. The van der Waals surface area contributed by atoms with Gasteiger partial charge in [0, 0.05) is 19.1 Å². The lowest BCUT2D eigenvalue weighted by Gasteiger charge is -2.20. The van der Waals surface area contributed by atoms with Gasteiger partial charge in [-0.05, 0) is 37.8 Å². The van der Waals surface area contributed by atoms with Crippen molar-refractivity contribution in [1.82, 2.24) is 4.90 Å². The highest BCUT2D eigenvalue weighted by molar-refractivity contribution is 5.22. The molecule has 2 heteroatoms. The number of rotatable bonds is 5. The molecule has 2 N–H and O–H groups in total. The Morgan fingerprint density at radius 2 is 2.28 bits per heavy atom. The molecule has 2 rings (SSSR count). The van der Waals surface area contributed by atoms with Crippen molar-refractivity contribution < 1.29 is 0 Å². The molecule has 0 radical (unpaired) electrons. The molecule has 0 amide bonds. The number of benzene rings is 1. The quantitative estimate of drug-likeness (QED) is 0.865. The second-order valence-corrected chi connectivity index (χ2v) is 5.73. The van der Waals surface area contributed by atoms with Crippen molar-refractivity contribution in [3.63, 3.8) is 0 Å². The molecule has 0 saturated carbocycles. The van der Waals surface area contributed by atoms with Crippen LogP contribution in [0.3, 0.4) is 0 Å². The van der Waals surface area contributed by atoms with Gasteiger partial charge in [0.25, 0.3) is 0 Å². The van der Waals surface area contributed by atoms with Gasteiger partial charge in [-0.1, -0.05) is 43.2 Å². The second kappa shape index (κ2) is 6.35. The Balaban J connectivity index is 1.86. The first-order valence-corrected chi connectivity index (χ1v) is 7.22. The Morgan fingerprint density at radius 3 is 3.00 bits per heavy atom. The molecule has 18 heavy (non-hydrogen) atoms. The zero-order chi connectivity index (χ0) is 13.0. The van der Waals surface area contributed by atoms with Gasteiger partial charge in [0.05, 0.1) is 0 Å². The zero-order valence-electron chi connectivity index (χ0n) is 11.7. The number of nitrogens with two attached hydrogens (primary N) is 1. The van der Waals surface area contributed by atoms with Crippen LogP contribution in [0.2, 0.25) is 0 Å². The van der Waals surface area contributed by atoms with Gasteiger partial charge in [0.15, 0.2) is 0 Å². The minimum Gasteiger partial charge on any atom is -0.327 e. The monoisotopic (exact) mass is 246 g/mol. The largest absolute Gasteiger partial charge is 0.327 e. The number of likely N-dealkylation sites (tertiary alicyclic amines) is 1. The number of hydrogen-bond acceptors (Lipinski definition) is 2. The highest BCUT2D eigenvalue weighted by Crippen LogP contribution is 2.22. The van der Waals surface area contributed by atoms with E-state index in [0.29, 0.717) is 12.0 Å². The van der Waals surface area contributed by atoms with Crippen LogP contribution < -0.4 is 5.73 Å². The molecule has 1 fully saturated rings. The predicted octanol–water partition coefficient (Wildman–Crippen LogP) is 2.94. The molecule has 1 heterocycles. The molecule has 0 spiro atoms. The van der Waals surface area contributed by atoms with Crippen LogP contribution in [0.4, 0.5) is 0 Å². The fraction of sp³-hybridized carbons (Fsp3) is 0.625. The van der Waals surface area contributed by atoms with Crippen LogP contribution >= 0.6 is 0 Å². The van der Waals surface area contributed by atoms with Crippen LogP contribution in [0.25, 0.3) is 0 Å². The summed E-state index contributed by atoms with van der Waals surface area (Å²) in [6.07, 6.45) is 3.64. The third-order valence-corrected chi connectivity index (χ3v) is 4.02. The molecule has 0 aliphatic carbocycles. The fourth-order valence-corrected chi connectivity index (χ4v) is 2.99. The summed E-state index contributed by atoms with van der Waals surface area (Å²) in [4.78, 5) is 2.55. The number of nitrogens with zero attached hydrogens (tertiary/aromatic N) is 1. The summed E-state index contributed by atoms with van der Waals surface area (Å²) in [6.45, 7) is 7.84. The Morgan fingerprint density at radius 1 is 1.44 bits per heavy atom. The molecule has 0 bridgehead atoms. The lowest BCUT2D eigenvalue weighted by molar-refractivity contribution is 0.302. The molecule has 100 valence electrons. The van der Waals surface area contributed by atoms with Gasteiger partial charge in [-0.25, -0.2) is 0 Å². The molecule has 1 aromatic rings. The standard InChI is InChI=1S/C16H26N2/c1-3-5-16(17)15-8-9-18(12-15)11-14-7-4-6-13(2)10-14/h4,6-7,10,15-16H,3,5,8-9,11-12,17H2,1-2H3. The molecule has 0 aromatic heterocycles. The molecule has 2 atom stereocenters. The third kappa shape index (κ3) is 3.56. The van der Waals surface area contributed by atoms with Crippen molar-refractivity contribution in [3.05, 3.63) is 35.4 Å². The van der Waals surface area contributed by atoms with E-state index in [2.05, 4.69) is 43.0 Å². The maximum absolute atomic E-state index is 6.24. The van der Waals surface area contributed by atoms with Gasteiger partial charge >= 0.3 is 0 Å². The lowest BCUT2D eigenvalue weighted by atomic mass is 9.96. The van der Waals surface area contributed by atoms with E-state index in [9.17, 15) is 0 Å². The van der Waals surface area contributed by atoms with Crippen molar-refractivity contribution in [2.24, 2.45) is 11.7 Å². The Labute approximate surface area is 111 Å². The van der Waals surface area contributed by atoms with E-state index in [1.54, 1.807) is 0 Å². The highest BCUT2D eigenvalue weighted by atomic mass is 15.1. The minimum atomic E-state index is 0.400. The van der Waals surface area contributed by atoms with Crippen LogP contribution in [-0.2, 0) is 6.54 Å². The molecule has 2 nitrogen and oxygen atoms in total. The third-order valence-electron chi connectivity index (χ3n) is 4.02. The van der Waals surface area contributed by atoms with Crippen molar-refractivity contribution in [1.29, 1.82) is 0 Å². The Kier molecular flexibility index (Phi) is 4.79. The van der Waals surface area contributed by atoms with E-state index >= 15 is 0 Å². The molecule has 1 aromatic carbocycles. The molecule has 1 aliphatic heterocycles. The SMILES string of the molecule is CCCC(N)C1CCN(Cc2cccc(C)c2)C1. The van der Waals surface area contributed by atoms with E-state index in [-0.39, 0.29) is 0 Å². The van der Waals surface area contributed by atoms with Gasteiger partial charge in [0.1, 0.15) is 0 Å². The first-order valence-electron chi connectivity index (χ1n) is 7.22. The predicted molar refractivity (Wildman–Crippen MR) is 77.4 cm³/mol. The van der Waals surface area contributed by atoms with E-state index < -0.39 is 0 Å². The first kappa shape index (κ1) is 13.6. The van der Waals surface area contributed by atoms with Crippen molar-refractivity contribution in [2.45, 2.75) is 45.7 Å². The highest BCUT2D eigenvalue weighted by Gasteiger charge is 2.26. The van der Waals surface area contributed by atoms with Crippen LogP contribution in [0, 0.1) is 12.8 Å². The molecular formula is C16H26N2. The first-order chi connectivity index (χ1) is 8.69. The van der Waals surface area contributed by atoms with E-state index in [1.165, 1.54) is 43.5 Å². The van der Waals surface area contributed by atoms with Gasteiger partial charge < -0.3 is 5.73 Å². The Hall–Kier alpha value is -0.860. The second-order valence-electron chi connectivity index (χ2n) is 5.73. The van der Waals surface area contributed by atoms with Crippen molar-refractivity contribution in [3.8, 4) is 0 Å². The fourth-order valence-electron chi connectivity index (χ4n) is 2.99. The molecular weight excluding hydrogens is 220 g/mol. The summed E-state index contributed by atoms with van der Waals surface area (Å²) in [5.41, 5.74) is 9.03. The van der Waals surface area contributed by atoms with Crippen LogP contribution in [0.5, 0.6) is 0 Å². The maximum Gasteiger partial charge on any atom is 0.0233 e. The summed E-state index contributed by atoms with van der Waals surface area (Å²) in [5, 5.41) is 0. The summed E-state index contributed by atoms with van der Waals surface area (Å²) in [7, 11) is 0. The summed E-state index contributed by atoms with van der Waals surface area (Å²) >= 11 is 0. The minimum absolute atomic E-state index is 0.400. The van der Waals surface area contributed by atoms with E-state index in [0.717, 1.165) is 6.54 Å². The smallest absolute Gasteiger partial charge is 0.0233 e. The van der Waals surface area contributed by atoms with Gasteiger partial charge in [-0.15, -0.1) is 0 Å². The van der Waals surface area contributed by atoms with Crippen LogP contribution in [-0.4, -0.2) is 24.0 Å². The van der Waals surface area contributed by atoms with Crippen molar-refractivity contribution in [2.75, 3.05) is 13.1 Å². The van der Waals surface area contributed by atoms with Gasteiger partial charge in [-0.2, -0.15) is 0 Å². The molecule has 2 unspecified atom stereocenters. The average Bonchev–Trinajstić information content (AvgIpc) is 2.78. The number of hydrogen-bond donors (Lipinski definition) is 1. The van der Waals surface area contributed by atoms with Crippen molar-refractivity contribution >= 4 is 0 Å². The topological polar surface area (TPSA) is 29.3 Å².